The van der Waals surface area contributed by atoms with Crippen molar-refractivity contribution in [3.8, 4) is 0 Å². The van der Waals surface area contributed by atoms with E-state index in [1.54, 1.807) is 0 Å². The van der Waals surface area contributed by atoms with Crippen molar-refractivity contribution in [3.05, 3.63) is 12.2 Å². The van der Waals surface area contributed by atoms with Crippen LogP contribution >= 0.6 is 0 Å². The first-order chi connectivity index (χ1) is 33.0. The molecule has 0 bridgehead atoms. The van der Waals surface area contributed by atoms with Crippen molar-refractivity contribution in [2.75, 3.05) is 13.2 Å². The van der Waals surface area contributed by atoms with Crippen LogP contribution in [0.2, 0.25) is 0 Å². The fraction of sp³-hybridized carbons (Fsp3) is 0.934. The number of ether oxygens (including phenoxy) is 1. The topological polar surface area (TPSA) is 95.9 Å². The number of aliphatic hydroxyl groups excluding tert-OH is 2. The number of hydrogen-bond acceptors (Lipinski definition) is 5. The monoisotopic (exact) mass is 946 g/mol. The smallest absolute Gasteiger partial charge is 0.305 e. The van der Waals surface area contributed by atoms with Crippen LogP contribution in [0.25, 0.3) is 0 Å². The summed E-state index contributed by atoms with van der Waals surface area (Å²) in [7, 11) is 0. The molecule has 0 heterocycles. The highest BCUT2D eigenvalue weighted by Gasteiger charge is 2.20. The number of carbonyl (C=O) groups is 2. The molecule has 0 aliphatic rings. The Morgan fingerprint density at radius 1 is 0.403 bits per heavy atom. The van der Waals surface area contributed by atoms with Crippen LogP contribution < -0.4 is 5.32 Å². The van der Waals surface area contributed by atoms with E-state index in [9.17, 15) is 19.8 Å². The molecule has 0 aliphatic heterocycles. The molecule has 0 saturated carbocycles. The number of amides is 1. The van der Waals surface area contributed by atoms with Crippen molar-refractivity contribution in [2.45, 2.75) is 353 Å². The number of allylic oxidation sites excluding steroid dienone is 2. The third-order valence-electron chi connectivity index (χ3n) is 14.3. The number of esters is 1. The molecule has 0 radical (unpaired) electrons. The lowest BCUT2D eigenvalue weighted by Gasteiger charge is -2.22. The second kappa shape index (κ2) is 57.2. The first-order valence-corrected chi connectivity index (χ1v) is 30.4. The number of aliphatic hydroxyl groups is 2. The van der Waals surface area contributed by atoms with Gasteiger partial charge in [-0.25, -0.2) is 0 Å². The van der Waals surface area contributed by atoms with Gasteiger partial charge in [0, 0.05) is 12.8 Å². The van der Waals surface area contributed by atoms with Crippen molar-refractivity contribution >= 4 is 11.9 Å². The lowest BCUT2D eigenvalue weighted by molar-refractivity contribution is -0.143. The van der Waals surface area contributed by atoms with Crippen LogP contribution in [0.4, 0.5) is 0 Å². The van der Waals surface area contributed by atoms with Gasteiger partial charge in [0.2, 0.25) is 5.91 Å². The summed E-state index contributed by atoms with van der Waals surface area (Å²) in [6.07, 6.45) is 67.8. The highest BCUT2D eigenvalue weighted by molar-refractivity contribution is 5.76. The summed E-state index contributed by atoms with van der Waals surface area (Å²) in [4.78, 5) is 24.5. The van der Waals surface area contributed by atoms with E-state index in [2.05, 4.69) is 31.3 Å². The highest BCUT2D eigenvalue weighted by Crippen LogP contribution is 2.18. The summed E-state index contributed by atoms with van der Waals surface area (Å²) < 4.78 is 5.48. The molecule has 2 atom stereocenters. The quantitative estimate of drug-likeness (QED) is 0.0321. The average molecular weight is 947 g/mol. The maximum Gasteiger partial charge on any atom is 0.305 e. The predicted octanol–water partition coefficient (Wildman–Crippen LogP) is 18.9. The summed E-state index contributed by atoms with van der Waals surface area (Å²) >= 11 is 0. The number of rotatable bonds is 57. The van der Waals surface area contributed by atoms with Crippen molar-refractivity contribution in [2.24, 2.45) is 0 Å². The predicted molar refractivity (Wildman–Crippen MR) is 292 cm³/mol. The largest absolute Gasteiger partial charge is 0.466 e. The second-order valence-corrected chi connectivity index (χ2v) is 21.0. The summed E-state index contributed by atoms with van der Waals surface area (Å²) in [5.74, 6) is -0.0334. The van der Waals surface area contributed by atoms with Crippen LogP contribution in [0.1, 0.15) is 341 Å². The van der Waals surface area contributed by atoms with Gasteiger partial charge >= 0.3 is 5.97 Å². The fourth-order valence-electron chi connectivity index (χ4n) is 9.64. The lowest BCUT2D eigenvalue weighted by atomic mass is 10.0. The van der Waals surface area contributed by atoms with Gasteiger partial charge in [-0.3, -0.25) is 9.59 Å². The minimum Gasteiger partial charge on any atom is -0.466 e. The molecule has 0 aromatic heterocycles. The molecule has 0 fully saturated rings. The summed E-state index contributed by atoms with van der Waals surface area (Å²) in [5, 5.41) is 23.3. The van der Waals surface area contributed by atoms with E-state index >= 15 is 0 Å². The summed E-state index contributed by atoms with van der Waals surface area (Å²) in [6.45, 7) is 4.96. The number of unbranched alkanes of at least 4 members (excludes halogenated alkanes) is 44. The molecule has 398 valence electrons. The Hall–Kier alpha value is -1.40. The van der Waals surface area contributed by atoms with Gasteiger partial charge in [0.1, 0.15) is 0 Å². The maximum absolute atomic E-state index is 12.5. The van der Waals surface area contributed by atoms with Gasteiger partial charge in [-0.05, 0) is 51.4 Å². The van der Waals surface area contributed by atoms with Gasteiger partial charge in [-0.1, -0.05) is 289 Å². The minimum atomic E-state index is -0.666. The molecular weight excluding hydrogens is 827 g/mol. The van der Waals surface area contributed by atoms with E-state index in [1.807, 2.05) is 0 Å². The molecule has 67 heavy (non-hydrogen) atoms. The molecule has 3 N–H and O–H groups in total. The fourth-order valence-corrected chi connectivity index (χ4v) is 9.64. The molecule has 6 nitrogen and oxygen atoms in total. The van der Waals surface area contributed by atoms with E-state index in [-0.39, 0.29) is 18.5 Å². The van der Waals surface area contributed by atoms with Crippen LogP contribution in [0.5, 0.6) is 0 Å². The van der Waals surface area contributed by atoms with Gasteiger partial charge in [-0.2, -0.15) is 0 Å². The van der Waals surface area contributed by atoms with Crippen LogP contribution in [0.3, 0.4) is 0 Å². The molecule has 0 rings (SSSR count). The van der Waals surface area contributed by atoms with Gasteiger partial charge in [0.05, 0.1) is 25.4 Å². The average Bonchev–Trinajstić information content (AvgIpc) is 3.33. The van der Waals surface area contributed by atoms with E-state index in [4.69, 9.17) is 4.74 Å². The van der Waals surface area contributed by atoms with Crippen LogP contribution in [-0.4, -0.2) is 47.4 Å². The number of hydrogen-bond donors (Lipinski definition) is 3. The summed E-state index contributed by atoms with van der Waals surface area (Å²) in [5.41, 5.74) is 0. The van der Waals surface area contributed by atoms with Gasteiger partial charge in [0.25, 0.3) is 0 Å². The van der Waals surface area contributed by atoms with E-state index in [1.165, 1.54) is 263 Å². The van der Waals surface area contributed by atoms with Crippen molar-refractivity contribution in [1.82, 2.24) is 5.32 Å². The van der Waals surface area contributed by atoms with Gasteiger partial charge < -0.3 is 20.3 Å². The standard InChI is InChI=1S/C61H119NO5/c1-3-5-7-9-11-13-15-17-19-26-29-33-37-41-45-49-53-59(64)58(57-63)62-60(65)54-50-46-42-38-34-30-27-23-21-20-22-24-28-32-36-40-44-48-52-56-67-61(66)55-51-47-43-39-35-31-25-18-16-14-12-10-8-6-4-2/h18,25,58-59,63-64H,3-17,19-24,26-57H2,1-2H3,(H,62,65)/b25-18-. The summed E-state index contributed by atoms with van der Waals surface area (Å²) in [6, 6.07) is -0.543. The first kappa shape index (κ1) is 65.6. The highest BCUT2D eigenvalue weighted by atomic mass is 16.5. The zero-order valence-corrected chi connectivity index (χ0v) is 45.4. The van der Waals surface area contributed by atoms with Crippen molar-refractivity contribution in [1.29, 1.82) is 0 Å². The zero-order chi connectivity index (χ0) is 48.6. The molecule has 6 heteroatoms. The van der Waals surface area contributed by atoms with Crippen molar-refractivity contribution in [3.63, 3.8) is 0 Å². The Bertz CT molecular complexity index is 1000. The lowest BCUT2D eigenvalue weighted by Crippen LogP contribution is -2.45. The third-order valence-corrected chi connectivity index (χ3v) is 14.3. The molecule has 0 saturated heterocycles. The molecular formula is C61H119NO5. The second-order valence-electron chi connectivity index (χ2n) is 21.0. The van der Waals surface area contributed by atoms with Crippen LogP contribution in [-0.2, 0) is 14.3 Å². The normalized spacial score (nSPS) is 12.6. The van der Waals surface area contributed by atoms with Gasteiger partial charge in [0.15, 0.2) is 0 Å². The Morgan fingerprint density at radius 3 is 1.06 bits per heavy atom. The SMILES string of the molecule is CCCCCCCC/C=C\CCCCCCCC(=O)OCCCCCCCCCCCCCCCCCCCCCC(=O)NC(CO)C(O)CCCCCCCCCCCCCCCCCC. The molecule has 2 unspecified atom stereocenters. The Balaban J connectivity index is 3.39. The molecule has 0 aliphatic carbocycles. The molecule has 0 aromatic carbocycles. The van der Waals surface area contributed by atoms with E-state index in [0.717, 1.165) is 44.9 Å². The Labute approximate surface area is 419 Å². The molecule has 0 aromatic rings. The zero-order valence-electron chi connectivity index (χ0n) is 45.4. The Kier molecular flexibility index (Phi) is 56.0. The van der Waals surface area contributed by atoms with E-state index in [0.29, 0.717) is 25.9 Å². The third kappa shape index (κ3) is 53.8. The number of nitrogens with one attached hydrogen (secondary N) is 1. The Morgan fingerprint density at radius 2 is 0.701 bits per heavy atom. The van der Waals surface area contributed by atoms with Gasteiger partial charge in [-0.15, -0.1) is 0 Å². The van der Waals surface area contributed by atoms with Crippen molar-refractivity contribution < 1.29 is 24.5 Å². The van der Waals surface area contributed by atoms with Crippen LogP contribution in [0, 0.1) is 0 Å². The maximum atomic E-state index is 12.5. The minimum absolute atomic E-state index is 0.00191. The van der Waals surface area contributed by atoms with E-state index < -0.39 is 12.1 Å². The number of carbonyl (C=O) groups excluding carboxylic acids is 2. The molecule has 1 amide bonds. The first-order valence-electron chi connectivity index (χ1n) is 30.4. The van der Waals surface area contributed by atoms with Crippen LogP contribution in [0.15, 0.2) is 12.2 Å². The molecule has 0 spiro atoms.